The van der Waals surface area contributed by atoms with Gasteiger partial charge in [0, 0.05) is 5.69 Å². The van der Waals surface area contributed by atoms with E-state index in [2.05, 4.69) is 24.1 Å². The summed E-state index contributed by atoms with van der Waals surface area (Å²) < 4.78 is 0. The van der Waals surface area contributed by atoms with Gasteiger partial charge in [-0.25, -0.2) is 0 Å². The average Bonchev–Trinajstić information content (AvgIpc) is 2.68. The largest absolute Gasteiger partial charge is 0.353 e. The Bertz CT molecular complexity index is 376. The number of aldehydes is 1. The summed E-state index contributed by atoms with van der Waals surface area (Å²) in [5.74, 6) is 0.660. The number of aromatic nitrogens is 1. The molecule has 2 rings (SSSR count). The summed E-state index contributed by atoms with van der Waals surface area (Å²) in [6.07, 6.45) is 10.1. The summed E-state index contributed by atoms with van der Waals surface area (Å²) in [7, 11) is 0. The van der Waals surface area contributed by atoms with E-state index in [0.29, 0.717) is 11.6 Å². The van der Waals surface area contributed by atoms with Crippen LogP contribution in [-0.2, 0) is 6.42 Å². The number of aromatic amines is 1. The van der Waals surface area contributed by atoms with E-state index < -0.39 is 0 Å². The second-order valence-corrected chi connectivity index (χ2v) is 4.25. The van der Waals surface area contributed by atoms with Gasteiger partial charge in [0.15, 0.2) is 6.29 Å². The molecule has 1 aliphatic rings. The zero-order chi connectivity index (χ0) is 10.7. The van der Waals surface area contributed by atoms with Crippen molar-refractivity contribution in [2.45, 2.75) is 32.6 Å². The van der Waals surface area contributed by atoms with Gasteiger partial charge in [-0.05, 0) is 36.5 Å². The van der Waals surface area contributed by atoms with Crippen LogP contribution in [0.2, 0.25) is 0 Å². The third-order valence-corrected chi connectivity index (χ3v) is 3.03. The van der Waals surface area contributed by atoms with E-state index in [1.165, 1.54) is 24.8 Å². The minimum Gasteiger partial charge on any atom is -0.353 e. The molecule has 1 unspecified atom stereocenters. The maximum absolute atomic E-state index is 10.6. The number of allylic oxidation sites excluding steroid dienone is 1. The van der Waals surface area contributed by atoms with Crippen LogP contribution in [0.3, 0.4) is 0 Å². The molecule has 0 spiro atoms. The Morgan fingerprint density at radius 2 is 2.47 bits per heavy atom. The van der Waals surface area contributed by atoms with Crippen molar-refractivity contribution in [1.29, 1.82) is 0 Å². The standard InChI is InChI=1S/C13H17NO/c1-2-3-4-10-5-6-13-11(7-10)8-12(9-15)14-13/h5-6,8-10,14H,2-4,7H2,1H3. The van der Waals surface area contributed by atoms with E-state index in [1.807, 2.05) is 6.07 Å². The van der Waals surface area contributed by atoms with E-state index in [-0.39, 0.29) is 0 Å². The highest BCUT2D eigenvalue weighted by molar-refractivity contribution is 5.74. The average molecular weight is 203 g/mol. The molecule has 0 aliphatic heterocycles. The second kappa shape index (κ2) is 4.47. The van der Waals surface area contributed by atoms with Gasteiger partial charge < -0.3 is 4.98 Å². The highest BCUT2D eigenvalue weighted by Crippen LogP contribution is 2.26. The molecule has 2 heteroatoms. The van der Waals surface area contributed by atoms with Crippen molar-refractivity contribution in [3.63, 3.8) is 0 Å². The molecular weight excluding hydrogens is 186 g/mol. The maximum Gasteiger partial charge on any atom is 0.166 e. The lowest BCUT2D eigenvalue weighted by Gasteiger charge is -2.16. The number of hydrogen-bond acceptors (Lipinski definition) is 1. The van der Waals surface area contributed by atoms with Gasteiger partial charge in [0.1, 0.15) is 0 Å². The topological polar surface area (TPSA) is 32.9 Å². The van der Waals surface area contributed by atoms with E-state index in [0.717, 1.165) is 18.4 Å². The van der Waals surface area contributed by atoms with Gasteiger partial charge >= 0.3 is 0 Å². The zero-order valence-corrected chi connectivity index (χ0v) is 9.12. The van der Waals surface area contributed by atoms with Crippen LogP contribution in [0.25, 0.3) is 6.08 Å². The van der Waals surface area contributed by atoms with Crippen molar-refractivity contribution in [1.82, 2.24) is 4.98 Å². The Labute approximate surface area is 90.4 Å². The molecule has 1 aromatic rings. The molecule has 1 N–H and O–H groups in total. The van der Waals surface area contributed by atoms with Crippen LogP contribution < -0.4 is 0 Å². The molecule has 15 heavy (non-hydrogen) atoms. The van der Waals surface area contributed by atoms with Crippen LogP contribution in [0.5, 0.6) is 0 Å². The van der Waals surface area contributed by atoms with Gasteiger partial charge in [0.2, 0.25) is 0 Å². The van der Waals surface area contributed by atoms with E-state index in [9.17, 15) is 4.79 Å². The molecule has 2 nitrogen and oxygen atoms in total. The first-order chi connectivity index (χ1) is 7.33. The van der Waals surface area contributed by atoms with Crippen molar-refractivity contribution in [3.8, 4) is 0 Å². The Kier molecular flexibility index (Phi) is 3.05. The van der Waals surface area contributed by atoms with Gasteiger partial charge in [-0.15, -0.1) is 0 Å². The lowest BCUT2D eigenvalue weighted by atomic mass is 9.90. The van der Waals surface area contributed by atoms with Crippen molar-refractivity contribution in [3.05, 3.63) is 29.1 Å². The summed E-state index contributed by atoms with van der Waals surface area (Å²) in [4.78, 5) is 13.7. The molecule has 0 bridgehead atoms. The Hall–Kier alpha value is -1.31. The normalized spacial score (nSPS) is 18.9. The third kappa shape index (κ3) is 2.20. The molecule has 0 fully saturated rings. The fourth-order valence-electron chi connectivity index (χ4n) is 2.17. The zero-order valence-electron chi connectivity index (χ0n) is 9.12. The number of unbranched alkanes of at least 4 members (excludes halogenated alkanes) is 1. The lowest BCUT2D eigenvalue weighted by molar-refractivity contribution is 0.111. The van der Waals surface area contributed by atoms with Crippen molar-refractivity contribution >= 4 is 12.4 Å². The van der Waals surface area contributed by atoms with Gasteiger partial charge in [-0.3, -0.25) is 4.79 Å². The molecule has 0 radical (unpaired) electrons. The molecule has 1 atom stereocenters. The number of nitrogens with one attached hydrogen (secondary N) is 1. The first kappa shape index (κ1) is 10.2. The molecule has 1 heterocycles. The van der Waals surface area contributed by atoms with Crippen LogP contribution in [0, 0.1) is 5.92 Å². The second-order valence-electron chi connectivity index (χ2n) is 4.25. The van der Waals surface area contributed by atoms with Crippen molar-refractivity contribution in [2.75, 3.05) is 0 Å². The summed E-state index contributed by atoms with van der Waals surface area (Å²) in [5.41, 5.74) is 3.10. The quantitative estimate of drug-likeness (QED) is 0.749. The van der Waals surface area contributed by atoms with E-state index in [1.54, 1.807) is 0 Å². The van der Waals surface area contributed by atoms with Crippen molar-refractivity contribution in [2.24, 2.45) is 5.92 Å². The maximum atomic E-state index is 10.6. The van der Waals surface area contributed by atoms with Crippen LogP contribution in [0.4, 0.5) is 0 Å². The van der Waals surface area contributed by atoms with Gasteiger partial charge in [0.25, 0.3) is 0 Å². The van der Waals surface area contributed by atoms with Gasteiger partial charge in [0.05, 0.1) is 5.69 Å². The molecule has 80 valence electrons. The van der Waals surface area contributed by atoms with Crippen LogP contribution in [0.1, 0.15) is 47.9 Å². The molecule has 0 saturated carbocycles. The number of H-pyrrole nitrogens is 1. The summed E-state index contributed by atoms with van der Waals surface area (Å²) in [5, 5.41) is 0. The van der Waals surface area contributed by atoms with Crippen LogP contribution in [0.15, 0.2) is 12.1 Å². The molecular formula is C13H17NO. The van der Waals surface area contributed by atoms with E-state index >= 15 is 0 Å². The number of carbonyl (C=O) groups excluding carboxylic acids is 1. The minimum atomic E-state index is 0.660. The Balaban J connectivity index is 2.08. The van der Waals surface area contributed by atoms with Crippen LogP contribution >= 0.6 is 0 Å². The highest BCUT2D eigenvalue weighted by atomic mass is 16.1. The van der Waals surface area contributed by atoms with Gasteiger partial charge in [-0.1, -0.05) is 25.8 Å². The minimum absolute atomic E-state index is 0.660. The Morgan fingerprint density at radius 3 is 3.20 bits per heavy atom. The number of fused-ring (bicyclic) bond motifs is 1. The summed E-state index contributed by atoms with van der Waals surface area (Å²) in [6.45, 7) is 2.22. The SMILES string of the molecule is CCCCC1C=Cc2[nH]c(C=O)cc2C1. The molecule has 0 aromatic carbocycles. The number of carbonyl (C=O) groups is 1. The first-order valence-corrected chi connectivity index (χ1v) is 5.68. The van der Waals surface area contributed by atoms with Crippen molar-refractivity contribution < 1.29 is 4.79 Å². The molecule has 0 amide bonds. The Morgan fingerprint density at radius 1 is 1.60 bits per heavy atom. The van der Waals surface area contributed by atoms with Crippen LogP contribution in [-0.4, -0.2) is 11.3 Å². The third-order valence-electron chi connectivity index (χ3n) is 3.03. The number of hydrogen-bond donors (Lipinski definition) is 1. The molecule has 0 saturated heterocycles. The van der Waals surface area contributed by atoms with E-state index in [4.69, 9.17) is 0 Å². The highest BCUT2D eigenvalue weighted by Gasteiger charge is 2.15. The predicted molar refractivity (Wildman–Crippen MR) is 61.9 cm³/mol. The first-order valence-electron chi connectivity index (χ1n) is 5.68. The smallest absolute Gasteiger partial charge is 0.166 e. The fourth-order valence-corrected chi connectivity index (χ4v) is 2.17. The van der Waals surface area contributed by atoms with Gasteiger partial charge in [-0.2, -0.15) is 0 Å². The fraction of sp³-hybridized carbons (Fsp3) is 0.462. The number of rotatable bonds is 4. The molecule has 1 aliphatic carbocycles. The summed E-state index contributed by atoms with van der Waals surface area (Å²) >= 11 is 0. The predicted octanol–water partition coefficient (Wildman–Crippen LogP) is 3.20. The molecule has 1 aromatic heterocycles. The lowest BCUT2D eigenvalue weighted by Crippen LogP contribution is -2.05. The monoisotopic (exact) mass is 203 g/mol. The summed E-state index contributed by atoms with van der Waals surface area (Å²) in [6, 6.07) is 1.98.